The molecule has 0 saturated carbocycles. The summed E-state index contributed by atoms with van der Waals surface area (Å²) in [5, 5.41) is 10.7. The molecule has 0 amide bonds. The van der Waals surface area contributed by atoms with Gasteiger partial charge >= 0.3 is 12.0 Å². The van der Waals surface area contributed by atoms with Gasteiger partial charge in [0.1, 0.15) is 0 Å². The van der Waals surface area contributed by atoms with Crippen LogP contribution in [0.3, 0.4) is 0 Å². The summed E-state index contributed by atoms with van der Waals surface area (Å²) in [6, 6.07) is 0.822. The van der Waals surface area contributed by atoms with E-state index in [-0.39, 0.29) is 10.9 Å². The zero-order valence-corrected chi connectivity index (χ0v) is 10.4. The van der Waals surface area contributed by atoms with Crippen molar-refractivity contribution in [1.82, 2.24) is 4.98 Å². The molecule has 0 N–H and O–H groups in total. The number of nitro groups is 1. The average Bonchev–Trinajstić information content (AvgIpc) is 2.24. The van der Waals surface area contributed by atoms with E-state index in [1.54, 1.807) is 0 Å². The molecule has 0 saturated heterocycles. The Hall–Kier alpha value is -1.58. The molecule has 6 nitrogen and oxygen atoms in total. The first-order valence-electron chi connectivity index (χ1n) is 4.32. The number of aromatic nitrogens is 1. The molecule has 0 unspecified atom stereocenters. The molecule has 0 bridgehead atoms. The number of alkyl halides is 4. The Balaban J connectivity index is 3.30. The molecule has 10 heteroatoms. The van der Waals surface area contributed by atoms with E-state index in [1.165, 1.54) is 0 Å². The summed E-state index contributed by atoms with van der Waals surface area (Å²) < 4.78 is 44.2. The largest absolute Gasteiger partial charge is 0.574 e. The van der Waals surface area contributed by atoms with Gasteiger partial charge in [-0.15, -0.1) is 13.2 Å². The highest BCUT2D eigenvalue weighted by Crippen LogP contribution is 2.34. The molecule has 0 aromatic carbocycles. The minimum Gasteiger partial charge on any atom is -0.476 e. The lowest BCUT2D eigenvalue weighted by Gasteiger charge is -2.10. The smallest absolute Gasteiger partial charge is 0.476 e. The van der Waals surface area contributed by atoms with Crippen molar-refractivity contribution < 1.29 is 27.6 Å². The summed E-state index contributed by atoms with van der Waals surface area (Å²) in [6.45, 7) is 0. The van der Waals surface area contributed by atoms with Crippen LogP contribution in [0.5, 0.6) is 11.8 Å². The van der Waals surface area contributed by atoms with Crippen molar-refractivity contribution in [3.8, 4) is 11.8 Å². The van der Waals surface area contributed by atoms with Crippen LogP contribution in [0.1, 0.15) is 5.56 Å². The van der Waals surface area contributed by atoms with E-state index in [0.717, 1.165) is 13.2 Å². The lowest BCUT2D eigenvalue weighted by Crippen LogP contribution is -2.18. The molecular weight excluding hydrogens is 325 g/mol. The third-order valence-corrected chi connectivity index (χ3v) is 2.36. The topological polar surface area (TPSA) is 74.5 Å². The second-order valence-corrected chi connectivity index (χ2v) is 3.48. The molecule has 0 spiro atoms. The fourth-order valence-electron chi connectivity index (χ4n) is 1.15. The number of rotatable bonds is 4. The number of halogens is 4. The van der Waals surface area contributed by atoms with Crippen molar-refractivity contribution in [2.24, 2.45) is 0 Å². The first-order chi connectivity index (χ1) is 8.28. The van der Waals surface area contributed by atoms with Crippen LogP contribution in [-0.2, 0) is 5.33 Å². The number of hydrogen-bond acceptors (Lipinski definition) is 5. The van der Waals surface area contributed by atoms with Gasteiger partial charge in [0, 0.05) is 11.4 Å². The predicted octanol–water partition coefficient (Wildman–Crippen LogP) is 2.79. The standard InChI is InChI=1S/C8H6BrF3N2O4/c1-17-7-6(14(15)16)4(3-9)2-5(13-7)18-8(10,11)12/h2H,3H2,1H3. The molecular formula is C8H6BrF3N2O4. The second-order valence-electron chi connectivity index (χ2n) is 2.92. The van der Waals surface area contributed by atoms with Crippen molar-refractivity contribution in [3.63, 3.8) is 0 Å². The van der Waals surface area contributed by atoms with Gasteiger partial charge in [-0.25, -0.2) is 0 Å². The maximum atomic E-state index is 12.0. The quantitative estimate of drug-likeness (QED) is 0.482. The van der Waals surface area contributed by atoms with Gasteiger partial charge in [0.2, 0.25) is 5.88 Å². The Morgan fingerprint density at radius 2 is 2.17 bits per heavy atom. The Labute approximate surface area is 107 Å². The maximum Gasteiger partial charge on any atom is 0.574 e. The van der Waals surface area contributed by atoms with E-state index in [9.17, 15) is 23.3 Å². The Morgan fingerprint density at radius 1 is 1.56 bits per heavy atom. The van der Waals surface area contributed by atoms with Crippen LogP contribution in [0.4, 0.5) is 18.9 Å². The molecule has 0 aliphatic carbocycles. The molecule has 1 heterocycles. The number of hydrogen-bond donors (Lipinski definition) is 0. The van der Waals surface area contributed by atoms with Crippen molar-refractivity contribution >= 4 is 21.6 Å². The van der Waals surface area contributed by atoms with Gasteiger partial charge in [0.15, 0.2) is 0 Å². The fraction of sp³-hybridized carbons (Fsp3) is 0.375. The monoisotopic (exact) mass is 330 g/mol. The van der Waals surface area contributed by atoms with E-state index in [4.69, 9.17) is 0 Å². The van der Waals surface area contributed by atoms with Crippen molar-refractivity contribution in [2.45, 2.75) is 11.7 Å². The first kappa shape index (κ1) is 14.5. The van der Waals surface area contributed by atoms with Crippen molar-refractivity contribution in [2.75, 3.05) is 7.11 Å². The summed E-state index contributed by atoms with van der Waals surface area (Å²) in [5.74, 6) is -1.37. The SMILES string of the molecule is COc1nc(OC(F)(F)F)cc(CBr)c1[N+](=O)[O-]. The Bertz CT molecular complexity index is 441. The van der Waals surface area contributed by atoms with Crippen molar-refractivity contribution in [3.05, 3.63) is 21.7 Å². The summed E-state index contributed by atoms with van der Waals surface area (Å²) in [7, 11) is 1.06. The van der Waals surface area contributed by atoms with Gasteiger partial charge in [-0.2, -0.15) is 4.98 Å². The molecule has 1 aromatic rings. The molecule has 0 atom stereocenters. The summed E-state index contributed by atoms with van der Waals surface area (Å²) >= 11 is 2.93. The van der Waals surface area contributed by atoms with Crippen molar-refractivity contribution in [1.29, 1.82) is 0 Å². The van der Waals surface area contributed by atoms with E-state index >= 15 is 0 Å². The minimum absolute atomic E-state index is 0.0360. The van der Waals surface area contributed by atoms with Gasteiger partial charge in [-0.3, -0.25) is 10.1 Å². The zero-order valence-electron chi connectivity index (χ0n) is 8.82. The first-order valence-corrected chi connectivity index (χ1v) is 5.44. The van der Waals surface area contributed by atoms with Gasteiger partial charge in [0.05, 0.1) is 17.6 Å². The number of nitrogens with zero attached hydrogens (tertiary/aromatic N) is 2. The van der Waals surface area contributed by atoms with Crippen LogP contribution in [0.2, 0.25) is 0 Å². The highest BCUT2D eigenvalue weighted by molar-refractivity contribution is 9.08. The average molecular weight is 331 g/mol. The summed E-state index contributed by atoms with van der Waals surface area (Å²) in [6.07, 6.45) is -4.93. The van der Waals surface area contributed by atoms with Gasteiger partial charge < -0.3 is 9.47 Å². The number of pyridine rings is 1. The van der Waals surface area contributed by atoms with Crippen LogP contribution < -0.4 is 9.47 Å². The molecule has 1 rings (SSSR count). The number of ether oxygens (including phenoxy) is 2. The van der Waals surface area contributed by atoms with Crippen LogP contribution in [0.15, 0.2) is 6.07 Å². The third kappa shape index (κ3) is 3.45. The highest BCUT2D eigenvalue weighted by atomic mass is 79.9. The molecule has 18 heavy (non-hydrogen) atoms. The lowest BCUT2D eigenvalue weighted by molar-refractivity contribution is -0.386. The lowest BCUT2D eigenvalue weighted by atomic mass is 10.2. The van der Waals surface area contributed by atoms with E-state index in [2.05, 4.69) is 30.4 Å². The highest BCUT2D eigenvalue weighted by Gasteiger charge is 2.33. The Morgan fingerprint density at radius 3 is 2.56 bits per heavy atom. The van der Waals surface area contributed by atoms with Crippen LogP contribution >= 0.6 is 15.9 Å². The molecule has 0 radical (unpaired) electrons. The molecule has 1 aromatic heterocycles. The van der Waals surface area contributed by atoms with Crippen LogP contribution in [-0.4, -0.2) is 23.4 Å². The molecule has 0 fully saturated rings. The third-order valence-electron chi connectivity index (χ3n) is 1.76. The molecule has 0 aliphatic heterocycles. The van der Waals surface area contributed by atoms with Crippen LogP contribution in [0.25, 0.3) is 0 Å². The molecule has 100 valence electrons. The Kier molecular flexibility index (Phi) is 4.33. The minimum atomic E-state index is -4.93. The maximum absolute atomic E-state index is 12.0. The van der Waals surface area contributed by atoms with E-state index in [1.807, 2.05) is 0 Å². The molecule has 0 aliphatic rings. The summed E-state index contributed by atoms with van der Waals surface area (Å²) in [5.41, 5.74) is -0.546. The summed E-state index contributed by atoms with van der Waals surface area (Å²) in [4.78, 5) is 13.2. The van der Waals surface area contributed by atoms with E-state index < -0.39 is 28.7 Å². The zero-order chi connectivity index (χ0) is 13.9. The fourth-order valence-corrected chi connectivity index (χ4v) is 1.58. The second kappa shape index (κ2) is 5.38. The predicted molar refractivity (Wildman–Crippen MR) is 56.8 cm³/mol. The van der Waals surface area contributed by atoms with Gasteiger partial charge in [-0.1, -0.05) is 15.9 Å². The van der Waals surface area contributed by atoms with Gasteiger partial charge in [-0.05, 0) is 0 Å². The van der Waals surface area contributed by atoms with Gasteiger partial charge in [0.25, 0.3) is 5.88 Å². The van der Waals surface area contributed by atoms with Crippen LogP contribution in [0, 0.1) is 10.1 Å². The van der Waals surface area contributed by atoms with E-state index in [0.29, 0.717) is 0 Å². The number of methoxy groups -OCH3 is 1. The normalized spacial score (nSPS) is 11.2.